The largest absolute Gasteiger partial charge is 0.496 e. The summed E-state index contributed by atoms with van der Waals surface area (Å²) in [6, 6.07) is 3.21. The maximum absolute atomic E-state index is 11.4. The third kappa shape index (κ3) is 1.94. The lowest BCUT2D eigenvalue weighted by Crippen LogP contribution is -2.00. The Bertz CT molecular complexity index is 592. The Morgan fingerprint density at radius 1 is 1.29 bits per heavy atom. The minimum absolute atomic E-state index is 0.296. The lowest BCUT2D eigenvalue weighted by atomic mass is 10.2. The van der Waals surface area contributed by atoms with E-state index in [4.69, 9.17) is 27.9 Å². The highest BCUT2D eigenvalue weighted by Gasteiger charge is 2.16. The number of ether oxygens (including phenoxy) is 2. The Hall–Kier alpha value is -1.39. The van der Waals surface area contributed by atoms with Crippen LogP contribution in [0.3, 0.4) is 0 Å². The summed E-state index contributed by atoms with van der Waals surface area (Å²) in [6.07, 6.45) is 0. The van der Waals surface area contributed by atoms with Crippen LogP contribution in [0.2, 0.25) is 10.0 Å². The van der Waals surface area contributed by atoms with Crippen molar-refractivity contribution >= 4 is 40.1 Å². The molecule has 0 saturated carbocycles. The fourth-order valence-corrected chi connectivity index (χ4v) is 1.98. The first-order valence-electron chi connectivity index (χ1n) is 4.71. The zero-order valence-electron chi connectivity index (χ0n) is 9.14. The Labute approximate surface area is 107 Å². The fourth-order valence-electron chi connectivity index (χ4n) is 1.59. The van der Waals surface area contributed by atoms with Crippen molar-refractivity contribution in [1.82, 2.24) is 4.98 Å². The molecular formula is C11H9Cl2NO3. The fraction of sp³-hybridized carbons (Fsp3) is 0.182. The van der Waals surface area contributed by atoms with E-state index in [-0.39, 0.29) is 0 Å². The van der Waals surface area contributed by atoms with Gasteiger partial charge < -0.3 is 14.5 Å². The molecule has 1 N–H and O–H groups in total. The van der Waals surface area contributed by atoms with Crippen LogP contribution in [0.15, 0.2) is 12.1 Å². The number of rotatable bonds is 2. The number of methoxy groups -OCH3 is 2. The molecule has 0 radical (unpaired) electrons. The van der Waals surface area contributed by atoms with Crippen molar-refractivity contribution < 1.29 is 14.3 Å². The van der Waals surface area contributed by atoms with E-state index < -0.39 is 5.97 Å². The standard InChI is InChI=1S/C11H9Cl2NO3/c1-16-8-4-6(12)9(13)10-5(8)3-7(14-10)11(15)17-2/h3-4,14H,1-2H3. The summed E-state index contributed by atoms with van der Waals surface area (Å²) in [5, 5.41) is 1.38. The number of carbonyl (C=O) groups is 1. The van der Waals surface area contributed by atoms with Gasteiger partial charge in [-0.3, -0.25) is 0 Å². The second kappa shape index (κ2) is 4.47. The Kier molecular flexibility index (Phi) is 3.17. The third-order valence-electron chi connectivity index (χ3n) is 2.40. The summed E-state index contributed by atoms with van der Waals surface area (Å²) in [6.45, 7) is 0. The van der Waals surface area contributed by atoms with Crippen LogP contribution in [0.1, 0.15) is 10.5 Å². The number of nitrogens with one attached hydrogen (secondary N) is 1. The van der Waals surface area contributed by atoms with Crippen LogP contribution in [0, 0.1) is 0 Å². The average molecular weight is 274 g/mol. The Morgan fingerprint density at radius 3 is 2.59 bits per heavy atom. The van der Waals surface area contributed by atoms with Crippen molar-refractivity contribution in [1.29, 1.82) is 0 Å². The Morgan fingerprint density at radius 2 is 2.00 bits per heavy atom. The molecule has 1 aromatic carbocycles. The highest BCUT2D eigenvalue weighted by molar-refractivity contribution is 6.45. The molecule has 6 heteroatoms. The quantitative estimate of drug-likeness (QED) is 0.855. The van der Waals surface area contributed by atoms with Crippen LogP contribution in [0.4, 0.5) is 0 Å². The predicted molar refractivity (Wildman–Crippen MR) is 66.2 cm³/mol. The van der Waals surface area contributed by atoms with Crippen molar-refractivity contribution in [3.05, 3.63) is 27.9 Å². The number of benzene rings is 1. The molecule has 17 heavy (non-hydrogen) atoms. The van der Waals surface area contributed by atoms with Gasteiger partial charge in [-0.1, -0.05) is 23.2 Å². The Balaban J connectivity index is 2.74. The van der Waals surface area contributed by atoms with Gasteiger partial charge in [-0.05, 0) is 6.07 Å². The number of H-pyrrole nitrogens is 1. The van der Waals surface area contributed by atoms with Crippen molar-refractivity contribution in [3.8, 4) is 5.75 Å². The second-order valence-corrected chi connectivity index (χ2v) is 4.12. The highest BCUT2D eigenvalue weighted by atomic mass is 35.5. The molecule has 0 aliphatic carbocycles. The molecule has 2 rings (SSSR count). The predicted octanol–water partition coefficient (Wildman–Crippen LogP) is 3.27. The summed E-state index contributed by atoms with van der Waals surface area (Å²) in [7, 11) is 2.82. The first kappa shape index (κ1) is 12.1. The van der Waals surface area contributed by atoms with Gasteiger partial charge in [0.15, 0.2) is 0 Å². The molecule has 0 bridgehead atoms. The zero-order chi connectivity index (χ0) is 12.6. The molecule has 2 aromatic rings. The summed E-state index contributed by atoms with van der Waals surface area (Å²) in [4.78, 5) is 14.3. The molecule has 4 nitrogen and oxygen atoms in total. The molecule has 1 aromatic heterocycles. The number of halogens is 2. The van der Waals surface area contributed by atoms with Crippen molar-refractivity contribution in [2.24, 2.45) is 0 Å². The SMILES string of the molecule is COC(=O)c1cc2c(OC)cc(Cl)c(Cl)c2[nH]1. The molecule has 0 aliphatic heterocycles. The summed E-state index contributed by atoms with van der Waals surface area (Å²) in [5.74, 6) is 0.0660. The van der Waals surface area contributed by atoms with Gasteiger partial charge in [0.05, 0.1) is 29.8 Å². The van der Waals surface area contributed by atoms with E-state index in [1.807, 2.05) is 0 Å². The van der Waals surface area contributed by atoms with Gasteiger partial charge in [-0.2, -0.15) is 0 Å². The first-order valence-corrected chi connectivity index (χ1v) is 5.47. The van der Waals surface area contributed by atoms with Crippen LogP contribution >= 0.6 is 23.2 Å². The lowest BCUT2D eigenvalue weighted by Gasteiger charge is -2.04. The van der Waals surface area contributed by atoms with Crippen molar-refractivity contribution in [2.45, 2.75) is 0 Å². The van der Waals surface area contributed by atoms with Crippen LogP contribution < -0.4 is 4.74 Å². The van der Waals surface area contributed by atoms with E-state index in [2.05, 4.69) is 9.72 Å². The van der Waals surface area contributed by atoms with E-state index in [0.717, 1.165) is 0 Å². The van der Waals surface area contributed by atoms with E-state index in [9.17, 15) is 4.79 Å². The molecule has 0 saturated heterocycles. The number of fused-ring (bicyclic) bond motifs is 1. The smallest absolute Gasteiger partial charge is 0.354 e. The minimum Gasteiger partial charge on any atom is -0.496 e. The molecule has 0 amide bonds. The first-order chi connectivity index (χ1) is 8.08. The molecule has 0 aliphatic rings. The number of aromatic amines is 1. The number of aromatic nitrogens is 1. The van der Waals surface area contributed by atoms with Gasteiger partial charge >= 0.3 is 5.97 Å². The molecular weight excluding hydrogens is 265 g/mol. The van der Waals surface area contributed by atoms with Crippen LogP contribution in [0.25, 0.3) is 10.9 Å². The maximum Gasteiger partial charge on any atom is 0.354 e. The number of hydrogen-bond acceptors (Lipinski definition) is 3. The van der Waals surface area contributed by atoms with Gasteiger partial charge in [0.1, 0.15) is 11.4 Å². The summed E-state index contributed by atoms with van der Waals surface area (Å²) < 4.78 is 9.80. The van der Waals surface area contributed by atoms with E-state index in [1.54, 1.807) is 12.1 Å². The highest BCUT2D eigenvalue weighted by Crippen LogP contribution is 2.37. The number of hydrogen-bond donors (Lipinski definition) is 1. The van der Waals surface area contributed by atoms with Crippen LogP contribution in [-0.2, 0) is 4.74 Å². The van der Waals surface area contributed by atoms with Crippen LogP contribution in [-0.4, -0.2) is 25.2 Å². The number of esters is 1. The van der Waals surface area contributed by atoms with E-state index >= 15 is 0 Å². The minimum atomic E-state index is -0.476. The van der Waals surface area contributed by atoms with Crippen molar-refractivity contribution in [2.75, 3.05) is 14.2 Å². The molecule has 0 fully saturated rings. The second-order valence-electron chi connectivity index (χ2n) is 3.34. The van der Waals surface area contributed by atoms with Gasteiger partial charge in [0.2, 0.25) is 0 Å². The monoisotopic (exact) mass is 273 g/mol. The summed E-state index contributed by atoms with van der Waals surface area (Å²) in [5.41, 5.74) is 0.849. The van der Waals surface area contributed by atoms with E-state index in [0.29, 0.717) is 32.4 Å². The maximum atomic E-state index is 11.4. The van der Waals surface area contributed by atoms with E-state index in [1.165, 1.54) is 14.2 Å². The molecule has 0 spiro atoms. The number of carbonyl (C=O) groups excluding carboxylic acids is 1. The van der Waals surface area contributed by atoms with Gasteiger partial charge in [-0.25, -0.2) is 4.79 Å². The molecule has 0 atom stereocenters. The van der Waals surface area contributed by atoms with Gasteiger partial charge in [-0.15, -0.1) is 0 Å². The van der Waals surface area contributed by atoms with Gasteiger partial charge in [0, 0.05) is 11.5 Å². The normalized spacial score (nSPS) is 10.6. The van der Waals surface area contributed by atoms with Crippen molar-refractivity contribution in [3.63, 3.8) is 0 Å². The average Bonchev–Trinajstić information content (AvgIpc) is 2.78. The molecule has 0 unspecified atom stereocenters. The molecule has 90 valence electrons. The topological polar surface area (TPSA) is 51.3 Å². The lowest BCUT2D eigenvalue weighted by molar-refractivity contribution is 0.0595. The zero-order valence-corrected chi connectivity index (χ0v) is 10.6. The van der Waals surface area contributed by atoms with Crippen LogP contribution in [0.5, 0.6) is 5.75 Å². The third-order valence-corrected chi connectivity index (χ3v) is 3.18. The summed E-state index contributed by atoms with van der Waals surface area (Å²) >= 11 is 12.0. The molecule has 1 heterocycles. The van der Waals surface area contributed by atoms with Gasteiger partial charge in [0.25, 0.3) is 0 Å².